The van der Waals surface area contributed by atoms with Crippen LogP contribution in [0.4, 0.5) is 10.1 Å². The van der Waals surface area contributed by atoms with Gasteiger partial charge in [-0.15, -0.1) is 0 Å². The summed E-state index contributed by atoms with van der Waals surface area (Å²) in [6.07, 6.45) is 1.48. The fraction of sp³-hybridized carbons (Fsp3) is 0.167. The Morgan fingerprint density at radius 2 is 1.80 bits per heavy atom. The van der Waals surface area contributed by atoms with Gasteiger partial charge in [-0.2, -0.15) is 0 Å². The molecule has 1 aliphatic heterocycles. The van der Waals surface area contributed by atoms with Crippen molar-refractivity contribution in [3.63, 3.8) is 0 Å². The molecular weight excluding hydrogens is 345 g/mol. The topological polar surface area (TPSA) is 63.7 Å². The Morgan fingerprint density at radius 3 is 2.44 bits per heavy atom. The first-order valence-electron chi connectivity index (χ1n) is 7.62. The number of carbonyl (C=O) groups is 1. The van der Waals surface area contributed by atoms with Crippen LogP contribution in [0.5, 0.6) is 5.75 Å². The van der Waals surface area contributed by atoms with Crippen molar-refractivity contribution < 1.29 is 22.3 Å². The molecule has 0 N–H and O–H groups in total. The van der Waals surface area contributed by atoms with Crippen LogP contribution in [0.2, 0.25) is 0 Å². The van der Waals surface area contributed by atoms with Gasteiger partial charge in [0.05, 0.1) is 11.8 Å². The van der Waals surface area contributed by atoms with Crippen LogP contribution < -0.4 is 9.64 Å². The number of carbonyl (C=O) groups excluding carboxylic acids is 1. The highest BCUT2D eigenvalue weighted by atomic mass is 32.2. The molecule has 0 radical (unpaired) electrons. The van der Waals surface area contributed by atoms with Crippen LogP contribution in [0.3, 0.4) is 0 Å². The van der Waals surface area contributed by atoms with Gasteiger partial charge in [0, 0.05) is 11.1 Å². The zero-order valence-electron chi connectivity index (χ0n) is 13.2. The highest BCUT2D eigenvalue weighted by Gasteiger charge is 2.31. The summed E-state index contributed by atoms with van der Waals surface area (Å²) < 4.78 is 42.3. The second-order valence-electron chi connectivity index (χ2n) is 5.54. The molecule has 1 aliphatic rings. The SMILES string of the molecule is O=C(COc1ccccc1F)N(c1ccccc1)[C@@H]1C=CS(=O)(=O)C1. The van der Waals surface area contributed by atoms with E-state index in [4.69, 9.17) is 4.74 Å². The first-order valence-corrected chi connectivity index (χ1v) is 9.33. The van der Waals surface area contributed by atoms with Gasteiger partial charge in [0.25, 0.3) is 5.91 Å². The lowest BCUT2D eigenvalue weighted by Crippen LogP contribution is -2.43. The molecule has 0 saturated carbocycles. The molecule has 0 fully saturated rings. The van der Waals surface area contributed by atoms with Gasteiger partial charge in [-0.1, -0.05) is 30.3 Å². The van der Waals surface area contributed by atoms with E-state index in [1.807, 2.05) is 0 Å². The van der Waals surface area contributed by atoms with Crippen molar-refractivity contribution >= 4 is 21.4 Å². The van der Waals surface area contributed by atoms with E-state index >= 15 is 0 Å². The summed E-state index contributed by atoms with van der Waals surface area (Å²) in [5.41, 5.74) is 0.552. The van der Waals surface area contributed by atoms with Gasteiger partial charge in [-0.05, 0) is 30.3 Å². The van der Waals surface area contributed by atoms with E-state index in [0.29, 0.717) is 5.69 Å². The van der Waals surface area contributed by atoms with Gasteiger partial charge in [-0.3, -0.25) is 4.79 Å². The van der Waals surface area contributed by atoms with E-state index < -0.39 is 34.2 Å². The molecule has 0 bridgehead atoms. The molecule has 130 valence electrons. The first-order chi connectivity index (χ1) is 12.0. The van der Waals surface area contributed by atoms with Gasteiger partial charge < -0.3 is 9.64 Å². The number of para-hydroxylation sites is 2. The zero-order chi connectivity index (χ0) is 17.9. The maximum absolute atomic E-state index is 13.6. The van der Waals surface area contributed by atoms with Crippen molar-refractivity contribution in [2.75, 3.05) is 17.3 Å². The number of halogens is 1. The molecule has 2 aromatic rings. The minimum Gasteiger partial charge on any atom is -0.481 e. The van der Waals surface area contributed by atoms with Gasteiger partial charge in [0.1, 0.15) is 0 Å². The van der Waals surface area contributed by atoms with Crippen molar-refractivity contribution in [1.29, 1.82) is 0 Å². The molecule has 0 spiro atoms. The standard InChI is InChI=1S/C18H16FNO4S/c19-16-8-4-5-9-17(16)24-12-18(21)20(14-6-2-1-3-7-14)15-10-11-25(22,23)13-15/h1-11,15H,12-13H2/t15-/m1/s1. The molecule has 0 unspecified atom stereocenters. The average Bonchev–Trinajstić information content (AvgIpc) is 2.95. The Bertz CT molecular complexity index is 896. The van der Waals surface area contributed by atoms with Gasteiger partial charge in [0.15, 0.2) is 28.0 Å². The maximum Gasteiger partial charge on any atom is 0.265 e. The fourth-order valence-electron chi connectivity index (χ4n) is 2.60. The third-order valence-corrected chi connectivity index (χ3v) is 5.11. The van der Waals surface area contributed by atoms with Gasteiger partial charge in [-0.25, -0.2) is 12.8 Å². The van der Waals surface area contributed by atoms with Crippen LogP contribution in [0.15, 0.2) is 66.1 Å². The minimum atomic E-state index is -3.33. The summed E-state index contributed by atoms with van der Waals surface area (Å²) in [5.74, 6) is -1.24. The summed E-state index contributed by atoms with van der Waals surface area (Å²) in [6.45, 7) is -0.403. The molecule has 2 aromatic carbocycles. The Hall–Kier alpha value is -2.67. The number of rotatable bonds is 5. The number of amides is 1. The predicted octanol–water partition coefficient (Wildman–Crippen LogP) is 2.55. The molecule has 0 saturated heterocycles. The number of hydrogen-bond donors (Lipinski definition) is 0. The lowest BCUT2D eigenvalue weighted by molar-refractivity contribution is -0.120. The maximum atomic E-state index is 13.6. The van der Waals surface area contributed by atoms with Crippen LogP contribution >= 0.6 is 0 Å². The van der Waals surface area contributed by atoms with E-state index in [1.54, 1.807) is 36.4 Å². The summed E-state index contributed by atoms with van der Waals surface area (Å²) in [6, 6.07) is 13.9. The lowest BCUT2D eigenvalue weighted by Gasteiger charge is -2.27. The van der Waals surface area contributed by atoms with Crippen LogP contribution in [0.25, 0.3) is 0 Å². The van der Waals surface area contributed by atoms with Crippen molar-refractivity contribution in [2.45, 2.75) is 6.04 Å². The van der Waals surface area contributed by atoms with Crippen LogP contribution in [0, 0.1) is 5.82 Å². The molecule has 5 nitrogen and oxygen atoms in total. The Kier molecular flexibility index (Phi) is 4.85. The average molecular weight is 361 g/mol. The molecule has 1 heterocycles. The quantitative estimate of drug-likeness (QED) is 0.821. The molecule has 25 heavy (non-hydrogen) atoms. The molecule has 0 aliphatic carbocycles. The van der Waals surface area contributed by atoms with Crippen LogP contribution in [-0.2, 0) is 14.6 Å². The third kappa shape index (κ3) is 4.06. The van der Waals surface area contributed by atoms with E-state index in [2.05, 4.69) is 0 Å². The fourth-order valence-corrected chi connectivity index (χ4v) is 3.87. The number of hydrogen-bond acceptors (Lipinski definition) is 4. The largest absolute Gasteiger partial charge is 0.481 e. The summed E-state index contributed by atoms with van der Waals surface area (Å²) in [4.78, 5) is 14.0. The molecular formula is C18H16FNO4S. The summed E-state index contributed by atoms with van der Waals surface area (Å²) in [7, 11) is -3.33. The number of nitrogens with zero attached hydrogens (tertiary/aromatic N) is 1. The second kappa shape index (κ2) is 7.06. The van der Waals surface area contributed by atoms with E-state index in [9.17, 15) is 17.6 Å². The monoisotopic (exact) mass is 361 g/mol. The predicted molar refractivity (Wildman–Crippen MR) is 92.5 cm³/mol. The Labute approximate surface area is 145 Å². The molecule has 7 heteroatoms. The first kappa shape index (κ1) is 17.2. The van der Waals surface area contributed by atoms with E-state index in [1.165, 1.54) is 29.2 Å². The lowest BCUT2D eigenvalue weighted by atomic mass is 10.2. The van der Waals surface area contributed by atoms with Gasteiger partial charge >= 0.3 is 0 Å². The van der Waals surface area contributed by atoms with Crippen molar-refractivity contribution in [3.05, 3.63) is 71.9 Å². The number of benzene rings is 2. The summed E-state index contributed by atoms with van der Waals surface area (Å²) in [5, 5.41) is 1.11. The Balaban J connectivity index is 1.81. The van der Waals surface area contributed by atoms with Gasteiger partial charge in [0.2, 0.25) is 0 Å². The second-order valence-corrected chi connectivity index (χ2v) is 7.48. The highest BCUT2D eigenvalue weighted by Crippen LogP contribution is 2.23. The molecule has 1 atom stereocenters. The molecule has 0 aromatic heterocycles. The Morgan fingerprint density at radius 1 is 1.12 bits per heavy atom. The number of ether oxygens (including phenoxy) is 1. The minimum absolute atomic E-state index is 0.0292. The normalized spacial score (nSPS) is 18.0. The number of sulfone groups is 1. The smallest absolute Gasteiger partial charge is 0.265 e. The van der Waals surface area contributed by atoms with E-state index in [0.717, 1.165) is 5.41 Å². The van der Waals surface area contributed by atoms with Crippen molar-refractivity contribution in [2.24, 2.45) is 0 Å². The zero-order valence-corrected chi connectivity index (χ0v) is 14.0. The molecule has 3 rings (SSSR count). The van der Waals surface area contributed by atoms with Crippen LogP contribution in [0.1, 0.15) is 0 Å². The molecule has 1 amide bonds. The van der Waals surface area contributed by atoms with Crippen molar-refractivity contribution in [3.8, 4) is 5.75 Å². The van der Waals surface area contributed by atoms with Crippen LogP contribution in [-0.4, -0.2) is 32.7 Å². The van der Waals surface area contributed by atoms with Crippen molar-refractivity contribution in [1.82, 2.24) is 0 Å². The third-order valence-electron chi connectivity index (χ3n) is 3.73. The highest BCUT2D eigenvalue weighted by molar-refractivity contribution is 7.94. The van der Waals surface area contributed by atoms with E-state index in [-0.39, 0.29) is 11.5 Å². The number of anilines is 1. The summed E-state index contributed by atoms with van der Waals surface area (Å²) >= 11 is 0.